The standard InChI is InChI=1S/C20H21NO3S/c1-2-24-20(23)18-16(14-8-4-3-5-9-14)13-25-19(18)21-12-15-10-6-7-11-17(15)22/h3-5,8-9,12-13,21H,2,6-7,10-11H2,1H3/b15-12-. The number of nitrogens with one attached hydrogen (secondary N) is 1. The average molecular weight is 355 g/mol. The lowest BCUT2D eigenvalue weighted by Crippen LogP contribution is -2.11. The molecule has 1 fully saturated rings. The predicted molar refractivity (Wildman–Crippen MR) is 101 cm³/mol. The minimum atomic E-state index is -0.349. The molecular weight excluding hydrogens is 334 g/mol. The number of anilines is 1. The minimum absolute atomic E-state index is 0.191. The molecule has 1 saturated carbocycles. The second-order valence-electron chi connectivity index (χ2n) is 5.88. The van der Waals surface area contributed by atoms with Crippen LogP contribution >= 0.6 is 11.3 Å². The number of esters is 1. The first kappa shape index (κ1) is 17.4. The second kappa shape index (κ2) is 8.12. The van der Waals surface area contributed by atoms with Crippen LogP contribution in [0.15, 0.2) is 47.5 Å². The number of hydrogen-bond donors (Lipinski definition) is 1. The summed E-state index contributed by atoms with van der Waals surface area (Å²) in [6.07, 6.45) is 5.14. The Labute approximate surface area is 151 Å². The van der Waals surface area contributed by atoms with Crippen molar-refractivity contribution in [3.05, 3.63) is 53.0 Å². The molecule has 1 heterocycles. The summed E-state index contributed by atoms with van der Waals surface area (Å²) in [6, 6.07) is 9.77. The van der Waals surface area contributed by atoms with E-state index in [1.165, 1.54) is 11.3 Å². The zero-order valence-corrected chi connectivity index (χ0v) is 15.0. The van der Waals surface area contributed by atoms with E-state index < -0.39 is 0 Å². The highest BCUT2D eigenvalue weighted by molar-refractivity contribution is 7.15. The highest BCUT2D eigenvalue weighted by Gasteiger charge is 2.21. The number of thiophene rings is 1. The second-order valence-corrected chi connectivity index (χ2v) is 6.76. The van der Waals surface area contributed by atoms with Gasteiger partial charge in [-0.3, -0.25) is 4.79 Å². The molecular formula is C20H21NO3S. The first-order valence-electron chi connectivity index (χ1n) is 8.53. The van der Waals surface area contributed by atoms with Crippen LogP contribution in [0.25, 0.3) is 11.1 Å². The smallest absolute Gasteiger partial charge is 0.341 e. The molecule has 2 aromatic rings. The number of Topliss-reactive ketones (excluding diaryl/α,β-unsaturated/α-hetero) is 1. The van der Waals surface area contributed by atoms with Crippen LogP contribution in [0.4, 0.5) is 5.00 Å². The van der Waals surface area contributed by atoms with Gasteiger partial charge in [-0.25, -0.2) is 4.79 Å². The summed E-state index contributed by atoms with van der Waals surface area (Å²) in [4.78, 5) is 24.5. The van der Waals surface area contributed by atoms with Crippen molar-refractivity contribution >= 4 is 28.1 Å². The molecule has 0 spiro atoms. The monoisotopic (exact) mass is 355 g/mol. The molecule has 0 bridgehead atoms. The maximum atomic E-state index is 12.5. The molecule has 3 rings (SSSR count). The van der Waals surface area contributed by atoms with Crippen LogP contribution in [0.2, 0.25) is 0 Å². The lowest BCUT2D eigenvalue weighted by atomic mass is 9.94. The third-order valence-electron chi connectivity index (χ3n) is 4.19. The maximum absolute atomic E-state index is 12.5. The Kier molecular flexibility index (Phi) is 5.66. The van der Waals surface area contributed by atoms with Gasteiger partial charge in [0.05, 0.1) is 6.61 Å². The van der Waals surface area contributed by atoms with Crippen molar-refractivity contribution < 1.29 is 14.3 Å². The van der Waals surface area contributed by atoms with Gasteiger partial charge in [-0.1, -0.05) is 30.3 Å². The molecule has 0 unspecified atom stereocenters. The van der Waals surface area contributed by atoms with Crippen LogP contribution in [0, 0.1) is 0 Å². The van der Waals surface area contributed by atoms with Crippen LogP contribution in [-0.2, 0) is 9.53 Å². The molecule has 1 aromatic carbocycles. The third kappa shape index (κ3) is 3.99. The molecule has 0 amide bonds. The SMILES string of the molecule is CCOC(=O)c1c(-c2ccccc2)csc1N/C=C1/CCCCC1=O. The highest BCUT2D eigenvalue weighted by Crippen LogP contribution is 2.36. The molecule has 0 aliphatic heterocycles. The average Bonchev–Trinajstić information content (AvgIpc) is 3.06. The van der Waals surface area contributed by atoms with Gasteiger partial charge in [0.25, 0.3) is 0 Å². The van der Waals surface area contributed by atoms with E-state index in [-0.39, 0.29) is 11.8 Å². The van der Waals surface area contributed by atoms with Crippen molar-refractivity contribution in [2.75, 3.05) is 11.9 Å². The van der Waals surface area contributed by atoms with Gasteiger partial charge in [0, 0.05) is 29.1 Å². The lowest BCUT2D eigenvalue weighted by molar-refractivity contribution is -0.116. The van der Waals surface area contributed by atoms with Crippen molar-refractivity contribution in [3.8, 4) is 11.1 Å². The molecule has 25 heavy (non-hydrogen) atoms. The summed E-state index contributed by atoms with van der Waals surface area (Å²) in [5.74, 6) is -0.158. The lowest BCUT2D eigenvalue weighted by Gasteiger charge is -2.13. The molecule has 1 aliphatic carbocycles. The largest absolute Gasteiger partial charge is 0.462 e. The van der Waals surface area contributed by atoms with Crippen molar-refractivity contribution in [3.63, 3.8) is 0 Å². The molecule has 4 nitrogen and oxygen atoms in total. The number of ether oxygens (including phenoxy) is 1. The number of hydrogen-bond acceptors (Lipinski definition) is 5. The quantitative estimate of drug-likeness (QED) is 0.604. The fraction of sp³-hybridized carbons (Fsp3) is 0.300. The summed E-state index contributed by atoms with van der Waals surface area (Å²) in [5.41, 5.74) is 3.14. The number of allylic oxidation sites excluding steroid dienone is 1. The number of benzene rings is 1. The summed E-state index contributed by atoms with van der Waals surface area (Å²) in [7, 11) is 0. The van der Waals surface area contributed by atoms with Gasteiger partial charge in [0.15, 0.2) is 5.78 Å². The molecule has 0 atom stereocenters. The van der Waals surface area contributed by atoms with Crippen LogP contribution < -0.4 is 5.32 Å². The summed E-state index contributed by atoms with van der Waals surface area (Å²) in [6.45, 7) is 2.12. The molecule has 1 aromatic heterocycles. The first-order chi connectivity index (χ1) is 12.2. The van der Waals surface area contributed by atoms with Crippen LogP contribution in [0.3, 0.4) is 0 Å². The molecule has 1 N–H and O–H groups in total. The first-order valence-corrected chi connectivity index (χ1v) is 9.41. The Bertz CT molecular complexity index is 793. The Morgan fingerprint density at radius 3 is 2.72 bits per heavy atom. The fourth-order valence-electron chi connectivity index (χ4n) is 2.91. The molecule has 0 saturated heterocycles. The molecule has 5 heteroatoms. The maximum Gasteiger partial charge on any atom is 0.341 e. The van der Waals surface area contributed by atoms with Crippen LogP contribution in [0.5, 0.6) is 0 Å². The van der Waals surface area contributed by atoms with E-state index >= 15 is 0 Å². The van der Waals surface area contributed by atoms with E-state index in [0.717, 1.165) is 36.0 Å². The fourth-order valence-corrected chi connectivity index (χ4v) is 3.83. The Balaban J connectivity index is 1.93. The van der Waals surface area contributed by atoms with Crippen LogP contribution in [0.1, 0.15) is 43.0 Å². The molecule has 130 valence electrons. The van der Waals surface area contributed by atoms with Crippen LogP contribution in [-0.4, -0.2) is 18.4 Å². The minimum Gasteiger partial charge on any atom is -0.462 e. The van der Waals surface area contributed by atoms with Gasteiger partial charge < -0.3 is 10.1 Å². The number of carbonyl (C=O) groups is 2. The summed E-state index contributed by atoms with van der Waals surface area (Å²) in [5, 5.41) is 5.84. The summed E-state index contributed by atoms with van der Waals surface area (Å²) >= 11 is 1.45. The Morgan fingerprint density at radius 1 is 1.24 bits per heavy atom. The number of ketones is 1. The van der Waals surface area contributed by atoms with E-state index in [1.54, 1.807) is 13.1 Å². The predicted octanol–water partition coefficient (Wildman–Crippen LogP) is 5.03. The van der Waals surface area contributed by atoms with E-state index in [0.29, 0.717) is 23.6 Å². The van der Waals surface area contributed by atoms with E-state index in [1.807, 2.05) is 35.7 Å². The third-order valence-corrected chi connectivity index (χ3v) is 5.10. The van der Waals surface area contributed by atoms with Gasteiger partial charge in [-0.2, -0.15) is 0 Å². The van der Waals surface area contributed by atoms with E-state index in [9.17, 15) is 9.59 Å². The molecule has 1 aliphatic rings. The topological polar surface area (TPSA) is 55.4 Å². The van der Waals surface area contributed by atoms with Crippen molar-refractivity contribution in [1.29, 1.82) is 0 Å². The van der Waals surface area contributed by atoms with Gasteiger partial charge in [-0.05, 0) is 31.7 Å². The van der Waals surface area contributed by atoms with Gasteiger partial charge in [0.1, 0.15) is 10.6 Å². The Hall–Kier alpha value is -2.40. The van der Waals surface area contributed by atoms with Crippen molar-refractivity contribution in [2.24, 2.45) is 0 Å². The Morgan fingerprint density at radius 2 is 2.00 bits per heavy atom. The summed E-state index contributed by atoms with van der Waals surface area (Å²) < 4.78 is 5.24. The van der Waals surface area contributed by atoms with Crippen molar-refractivity contribution in [2.45, 2.75) is 32.6 Å². The molecule has 0 radical (unpaired) electrons. The van der Waals surface area contributed by atoms with E-state index in [4.69, 9.17) is 4.74 Å². The number of rotatable bonds is 5. The number of carbonyl (C=O) groups excluding carboxylic acids is 2. The van der Waals surface area contributed by atoms with Gasteiger partial charge in [-0.15, -0.1) is 11.3 Å². The highest BCUT2D eigenvalue weighted by atomic mass is 32.1. The van der Waals surface area contributed by atoms with Crippen molar-refractivity contribution in [1.82, 2.24) is 0 Å². The zero-order valence-electron chi connectivity index (χ0n) is 14.2. The zero-order chi connectivity index (χ0) is 17.6. The van der Waals surface area contributed by atoms with Gasteiger partial charge >= 0.3 is 5.97 Å². The normalized spacial score (nSPS) is 16.0. The van der Waals surface area contributed by atoms with Gasteiger partial charge in [0.2, 0.25) is 0 Å². The van der Waals surface area contributed by atoms with E-state index in [2.05, 4.69) is 5.32 Å².